The Labute approximate surface area is 194 Å². The third kappa shape index (κ3) is 5.55. The zero-order valence-corrected chi connectivity index (χ0v) is 18.4. The molecule has 0 spiro atoms. The summed E-state index contributed by atoms with van der Waals surface area (Å²) in [6.07, 6.45) is 0.0410. The van der Waals surface area contributed by atoms with Crippen LogP contribution in [0, 0.1) is 5.82 Å². The van der Waals surface area contributed by atoms with Gasteiger partial charge in [0.15, 0.2) is 5.17 Å². The van der Waals surface area contributed by atoms with Crippen LogP contribution in [-0.4, -0.2) is 27.1 Å². The molecule has 0 aromatic heterocycles. The molecule has 1 aliphatic rings. The molecule has 1 N–H and O–H groups in total. The van der Waals surface area contributed by atoms with Crippen LogP contribution in [0.2, 0.25) is 5.02 Å². The average Bonchev–Trinajstić information content (AvgIpc) is 2.79. The lowest BCUT2D eigenvalue weighted by molar-refractivity contribution is -0.129. The Morgan fingerprint density at radius 1 is 1.06 bits per heavy atom. The van der Waals surface area contributed by atoms with Crippen molar-refractivity contribution in [3.63, 3.8) is 0 Å². The number of hydrogen-bond donors (Lipinski definition) is 1. The fourth-order valence-corrected chi connectivity index (χ4v) is 4.36. The fraction of sp³-hybridized carbons (Fsp3) is 0.125. The lowest BCUT2D eigenvalue weighted by atomic mass is 10.2. The number of carbonyl (C=O) groups excluding carboxylic acids is 2. The molecule has 1 atom stereocenters. The van der Waals surface area contributed by atoms with Crippen LogP contribution >= 0.6 is 23.4 Å². The van der Waals surface area contributed by atoms with E-state index in [4.69, 9.17) is 11.6 Å². The predicted molar refractivity (Wildman–Crippen MR) is 127 cm³/mol. The molecule has 32 heavy (non-hydrogen) atoms. The molecule has 8 heteroatoms. The summed E-state index contributed by atoms with van der Waals surface area (Å²) in [6, 6.07) is 21.9. The zero-order chi connectivity index (χ0) is 22.5. The first-order valence-electron chi connectivity index (χ1n) is 9.89. The number of anilines is 1. The van der Waals surface area contributed by atoms with Gasteiger partial charge in [0.2, 0.25) is 11.8 Å². The monoisotopic (exact) mass is 467 g/mol. The second-order valence-corrected chi connectivity index (χ2v) is 8.75. The summed E-state index contributed by atoms with van der Waals surface area (Å²) in [7, 11) is 0. The van der Waals surface area contributed by atoms with Gasteiger partial charge in [-0.25, -0.2) is 9.38 Å². The van der Waals surface area contributed by atoms with Crippen LogP contribution in [0.15, 0.2) is 83.9 Å². The van der Waals surface area contributed by atoms with Gasteiger partial charge in [-0.1, -0.05) is 53.7 Å². The Balaban J connectivity index is 1.60. The van der Waals surface area contributed by atoms with E-state index < -0.39 is 5.25 Å². The molecule has 4 rings (SSSR count). The van der Waals surface area contributed by atoms with Crippen LogP contribution in [0.25, 0.3) is 0 Å². The number of rotatable bonds is 5. The molecule has 1 unspecified atom stereocenters. The van der Waals surface area contributed by atoms with Crippen molar-refractivity contribution >= 4 is 51.7 Å². The number of amides is 2. The third-order valence-corrected chi connectivity index (χ3v) is 6.22. The Kier molecular flexibility index (Phi) is 6.87. The second kappa shape index (κ2) is 9.97. The molecule has 3 aromatic rings. The summed E-state index contributed by atoms with van der Waals surface area (Å²) < 4.78 is 13.3. The maximum absolute atomic E-state index is 13.3. The molecular formula is C24H19ClFN3O2S. The van der Waals surface area contributed by atoms with E-state index in [9.17, 15) is 14.0 Å². The SMILES string of the molecule is O=C(Nc1ccccc1)C1CC(=O)N(Cc2ccc(Cl)cc2)C(=Nc2ccc(F)cc2)S1. The highest BCUT2D eigenvalue weighted by Gasteiger charge is 2.36. The van der Waals surface area contributed by atoms with Crippen molar-refractivity contribution in [1.82, 2.24) is 4.90 Å². The third-order valence-electron chi connectivity index (χ3n) is 4.78. The highest BCUT2D eigenvalue weighted by atomic mass is 35.5. The molecule has 3 aromatic carbocycles. The molecule has 1 heterocycles. The molecule has 0 saturated carbocycles. The van der Waals surface area contributed by atoms with E-state index in [0.717, 1.165) is 5.56 Å². The summed E-state index contributed by atoms with van der Waals surface area (Å²) in [5.41, 5.74) is 2.03. The molecule has 1 aliphatic heterocycles. The molecule has 0 radical (unpaired) electrons. The van der Waals surface area contributed by atoms with E-state index >= 15 is 0 Å². The molecule has 0 bridgehead atoms. The van der Waals surface area contributed by atoms with Crippen molar-refractivity contribution in [3.05, 3.63) is 95.3 Å². The smallest absolute Gasteiger partial charge is 0.238 e. The summed E-state index contributed by atoms with van der Waals surface area (Å²) >= 11 is 7.18. The minimum atomic E-state index is -0.636. The Morgan fingerprint density at radius 3 is 2.44 bits per heavy atom. The first-order valence-corrected chi connectivity index (χ1v) is 11.2. The number of nitrogens with zero attached hydrogens (tertiary/aromatic N) is 2. The van der Waals surface area contributed by atoms with Crippen molar-refractivity contribution < 1.29 is 14.0 Å². The number of amidine groups is 1. The van der Waals surface area contributed by atoms with Gasteiger partial charge < -0.3 is 5.32 Å². The Hall–Kier alpha value is -3.16. The van der Waals surface area contributed by atoms with E-state index in [1.54, 1.807) is 29.2 Å². The minimum absolute atomic E-state index is 0.0410. The standard InChI is InChI=1S/C24H19ClFN3O2S/c25-17-8-6-16(7-9-17)15-29-22(30)14-21(23(31)27-19-4-2-1-3-5-19)32-24(29)28-20-12-10-18(26)11-13-20/h1-13,21H,14-15H2,(H,27,31). The van der Waals surface area contributed by atoms with Gasteiger partial charge in [-0.15, -0.1) is 0 Å². The molecule has 162 valence electrons. The number of nitrogens with one attached hydrogen (secondary N) is 1. The van der Waals surface area contributed by atoms with Gasteiger partial charge in [0.05, 0.1) is 12.2 Å². The summed E-state index contributed by atoms with van der Waals surface area (Å²) in [6.45, 7) is 0.288. The number of para-hydroxylation sites is 1. The summed E-state index contributed by atoms with van der Waals surface area (Å²) in [5, 5.41) is 3.20. The van der Waals surface area contributed by atoms with Crippen LogP contribution in [0.4, 0.5) is 15.8 Å². The van der Waals surface area contributed by atoms with Crippen molar-refractivity contribution in [2.45, 2.75) is 18.2 Å². The molecule has 2 amide bonds. The van der Waals surface area contributed by atoms with E-state index in [1.165, 1.54) is 36.0 Å². The van der Waals surface area contributed by atoms with Gasteiger partial charge in [0, 0.05) is 17.1 Å². The maximum Gasteiger partial charge on any atom is 0.238 e. The number of carbonyl (C=O) groups is 2. The van der Waals surface area contributed by atoms with E-state index in [1.807, 2.05) is 30.3 Å². The number of thioether (sulfide) groups is 1. The van der Waals surface area contributed by atoms with E-state index in [2.05, 4.69) is 10.3 Å². The zero-order valence-electron chi connectivity index (χ0n) is 16.9. The van der Waals surface area contributed by atoms with E-state index in [-0.39, 0.29) is 30.6 Å². The number of benzene rings is 3. The molecule has 0 aliphatic carbocycles. The van der Waals surface area contributed by atoms with Crippen molar-refractivity contribution in [1.29, 1.82) is 0 Å². The number of aliphatic imine (C=N–C) groups is 1. The van der Waals surface area contributed by atoms with Crippen LogP contribution in [0.3, 0.4) is 0 Å². The van der Waals surface area contributed by atoms with Gasteiger partial charge in [0.25, 0.3) is 0 Å². The van der Waals surface area contributed by atoms with Gasteiger partial charge in [-0.05, 0) is 54.1 Å². The average molecular weight is 468 g/mol. The lowest BCUT2D eigenvalue weighted by Gasteiger charge is -2.32. The fourth-order valence-electron chi connectivity index (χ4n) is 3.14. The number of halogens is 2. The van der Waals surface area contributed by atoms with Crippen molar-refractivity contribution in [2.75, 3.05) is 5.32 Å². The van der Waals surface area contributed by atoms with Crippen LogP contribution < -0.4 is 5.32 Å². The van der Waals surface area contributed by atoms with E-state index in [0.29, 0.717) is 21.6 Å². The lowest BCUT2D eigenvalue weighted by Crippen LogP contribution is -2.44. The first kappa shape index (κ1) is 22.0. The Bertz CT molecular complexity index is 1140. The normalized spacial score (nSPS) is 17.4. The van der Waals surface area contributed by atoms with Crippen molar-refractivity contribution in [2.24, 2.45) is 4.99 Å². The van der Waals surface area contributed by atoms with Crippen molar-refractivity contribution in [3.8, 4) is 0 Å². The topological polar surface area (TPSA) is 61.8 Å². The highest BCUT2D eigenvalue weighted by Crippen LogP contribution is 2.31. The van der Waals surface area contributed by atoms with Crippen LogP contribution in [0.1, 0.15) is 12.0 Å². The molecule has 1 saturated heterocycles. The van der Waals surface area contributed by atoms with Gasteiger partial charge in [-0.3, -0.25) is 14.5 Å². The molecule has 5 nitrogen and oxygen atoms in total. The molecule has 1 fully saturated rings. The largest absolute Gasteiger partial charge is 0.325 e. The minimum Gasteiger partial charge on any atom is -0.325 e. The van der Waals surface area contributed by atoms with Gasteiger partial charge in [0.1, 0.15) is 11.1 Å². The molecular weight excluding hydrogens is 449 g/mol. The highest BCUT2D eigenvalue weighted by molar-refractivity contribution is 8.15. The van der Waals surface area contributed by atoms with Gasteiger partial charge in [-0.2, -0.15) is 0 Å². The quantitative estimate of drug-likeness (QED) is 0.528. The summed E-state index contributed by atoms with van der Waals surface area (Å²) in [5.74, 6) is -0.861. The first-order chi connectivity index (χ1) is 15.5. The van der Waals surface area contributed by atoms with Crippen LogP contribution in [-0.2, 0) is 16.1 Å². The predicted octanol–water partition coefficient (Wildman–Crippen LogP) is 5.64. The van der Waals surface area contributed by atoms with Gasteiger partial charge >= 0.3 is 0 Å². The van der Waals surface area contributed by atoms with Crippen LogP contribution in [0.5, 0.6) is 0 Å². The Morgan fingerprint density at radius 2 is 1.75 bits per heavy atom. The maximum atomic E-state index is 13.3. The summed E-state index contributed by atoms with van der Waals surface area (Å²) in [4.78, 5) is 32.0. The second-order valence-electron chi connectivity index (χ2n) is 7.14. The number of hydrogen-bond acceptors (Lipinski definition) is 4.